The van der Waals surface area contributed by atoms with Crippen molar-refractivity contribution >= 4 is 5.91 Å². The Kier molecular flexibility index (Phi) is 2.91. The zero-order valence-electron chi connectivity index (χ0n) is 8.68. The summed E-state index contributed by atoms with van der Waals surface area (Å²) in [4.78, 5) is 13.8. The Morgan fingerprint density at radius 3 is 3.13 bits per heavy atom. The van der Waals surface area contributed by atoms with E-state index in [0.29, 0.717) is 11.6 Å². The summed E-state index contributed by atoms with van der Waals surface area (Å²) in [5.74, 6) is 0.0400. The van der Waals surface area contributed by atoms with E-state index in [9.17, 15) is 4.79 Å². The first kappa shape index (κ1) is 10.0. The second-order valence-electron chi connectivity index (χ2n) is 3.74. The number of amides is 1. The SMILES string of the molecule is C[C@@H]1CN(C(=O)c2ccnnc2)CCN1. The predicted octanol–water partition coefficient (Wildman–Crippen LogP) is -0.0895. The standard InChI is InChI=1S/C10H14N4O/c1-8-7-14(5-4-11-8)10(15)9-2-3-12-13-6-9/h2-3,6,8,11H,4-5,7H2,1H3/t8-/m1/s1. The second-order valence-corrected chi connectivity index (χ2v) is 3.74. The molecule has 2 heterocycles. The van der Waals surface area contributed by atoms with Gasteiger partial charge in [0.1, 0.15) is 0 Å². The van der Waals surface area contributed by atoms with Crippen LogP contribution in [0.5, 0.6) is 0 Å². The Bertz CT molecular complexity index is 341. The van der Waals surface area contributed by atoms with Crippen molar-refractivity contribution in [1.29, 1.82) is 0 Å². The molecule has 2 rings (SSSR count). The molecule has 0 spiro atoms. The Morgan fingerprint density at radius 1 is 1.60 bits per heavy atom. The monoisotopic (exact) mass is 206 g/mol. The molecule has 1 N–H and O–H groups in total. The quantitative estimate of drug-likeness (QED) is 0.697. The number of hydrogen-bond donors (Lipinski definition) is 1. The fraction of sp³-hybridized carbons (Fsp3) is 0.500. The number of piperazine rings is 1. The average Bonchev–Trinajstić information content (AvgIpc) is 2.29. The summed E-state index contributed by atoms with van der Waals surface area (Å²) in [6.07, 6.45) is 3.05. The van der Waals surface area contributed by atoms with Gasteiger partial charge in [-0.05, 0) is 13.0 Å². The van der Waals surface area contributed by atoms with Gasteiger partial charge in [0.25, 0.3) is 5.91 Å². The number of nitrogens with zero attached hydrogens (tertiary/aromatic N) is 3. The number of rotatable bonds is 1. The number of carbonyl (C=O) groups is 1. The summed E-state index contributed by atoms with van der Waals surface area (Å²) < 4.78 is 0. The zero-order chi connectivity index (χ0) is 10.7. The molecule has 0 saturated carbocycles. The smallest absolute Gasteiger partial charge is 0.255 e. The van der Waals surface area contributed by atoms with Crippen LogP contribution in [0.25, 0.3) is 0 Å². The zero-order valence-corrected chi connectivity index (χ0v) is 8.68. The predicted molar refractivity (Wildman–Crippen MR) is 55.4 cm³/mol. The van der Waals surface area contributed by atoms with Crippen LogP contribution in [-0.2, 0) is 0 Å². The number of hydrogen-bond acceptors (Lipinski definition) is 4. The van der Waals surface area contributed by atoms with Crippen molar-refractivity contribution in [3.8, 4) is 0 Å². The van der Waals surface area contributed by atoms with Crippen molar-refractivity contribution in [2.75, 3.05) is 19.6 Å². The molecule has 1 aliphatic rings. The molecule has 1 saturated heterocycles. The molecule has 1 aromatic rings. The molecule has 80 valence electrons. The molecular formula is C10H14N4O. The summed E-state index contributed by atoms with van der Waals surface area (Å²) >= 11 is 0. The van der Waals surface area contributed by atoms with Crippen LogP contribution in [0.1, 0.15) is 17.3 Å². The van der Waals surface area contributed by atoms with Crippen molar-refractivity contribution in [3.05, 3.63) is 24.0 Å². The molecule has 0 radical (unpaired) electrons. The first-order valence-corrected chi connectivity index (χ1v) is 5.07. The van der Waals surface area contributed by atoms with Gasteiger partial charge in [-0.2, -0.15) is 10.2 Å². The van der Waals surface area contributed by atoms with Crippen LogP contribution in [0.2, 0.25) is 0 Å². The van der Waals surface area contributed by atoms with Crippen LogP contribution >= 0.6 is 0 Å². The Balaban J connectivity index is 2.08. The summed E-state index contributed by atoms with van der Waals surface area (Å²) in [6.45, 7) is 4.43. The molecule has 0 bridgehead atoms. The van der Waals surface area contributed by atoms with Crippen molar-refractivity contribution in [2.45, 2.75) is 13.0 Å². The minimum absolute atomic E-state index is 0.0400. The maximum atomic E-state index is 12.0. The van der Waals surface area contributed by atoms with Crippen LogP contribution in [0, 0.1) is 0 Å². The number of nitrogens with one attached hydrogen (secondary N) is 1. The van der Waals surface area contributed by atoms with Crippen molar-refractivity contribution in [1.82, 2.24) is 20.4 Å². The Morgan fingerprint density at radius 2 is 2.47 bits per heavy atom. The minimum Gasteiger partial charge on any atom is -0.336 e. The van der Waals surface area contributed by atoms with E-state index >= 15 is 0 Å². The molecular weight excluding hydrogens is 192 g/mol. The maximum absolute atomic E-state index is 12.0. The van der Waals surface area contributed by atoms with Gasteiger partial charge in [-0.3, -0.25) is 4.79 Å². The van der Waals surface area contributed by atoms with Crippen LogP contribution in [-0.4, -0.2) is 46.7 Å². The molecule has 1 fully saturated rings. The van der Waals surface area contributed by atoms with Gasteiger partial charge in [0.05, 0.1) is 18.0 Å². The molecule has 1 amide bonds. The lowest BCUT2D eigenvalue weighted by Crippen LogP contribution is -2.51. The first-order chi connectivity index (χ1) is 7.27. The maximum Gasteiger partial charge on any atom is 0.255 e. The van der Waals surface area contributed by atoms with Gasteiger partial charge >= 0.3 is 0 Å². The van der Waals surface area contributed by atoms with Crippen LogP contribution in [0.4, 0.5) is 0 Å². The van der Waals surface area contributed by atoms with Crippen LogP contribution in [0.3, 0.4) is 0 Å². The Hall–Kier alpha value is -1.49. The number of aromatic nitrogens is 2. The summed E-state index contributed by atoms with van der Waals surface area (Å²) in [5.41, 5.74) is 0.610. The van der Waals surface area contributed by atoms with E-state index in [2.05, 4.69) is 22.4 Å². The van der Waals surface area contributed by atoms with E-state index in [-0.39, 0.29) is 5.91 Å². The average molecular weight is 206 g/mol. The van der Waals surface area contributed by atoms with E-state index in [1.807, 2.05) is 4.90 Å². The highest BCUT2D eigenvalue weighted by atomic mass is 16.2. The largest absolute Gasteiger partial charge is 0.336 e. The molecule has 5 nitrogen and oxygen atoms in total. The topological polar surface area (TPSA) is 58.1 Å². The van der Waals surface area contributed by atoms with Gasteiger partial charge in [-0.25, -0.2) is 0 Å². The molecule has 1 aliphatic heterocycles. The number of carbonyl (C=O) groups excluding carboxylic acids is 1. The first-order valence-electron chi connectivity index (χ1n) is 5.07. The Labute approximate surface area is 88.5 Å². The fourth-order valence-electron chi connectivity index (χ4n) is 1.72. The van der Waals surface area contributed by atoms with Crippen molar-refractivity contribution in [2.24, 2.45) is 0 Å². The van der Waals surface area contributed by atoms with E-state index in [0.717, 1.165) is 19.6 Å². The highest BCUT2D eigenvalue weighted by Crippen LogP contribution is 2.05. The lowest BCUT2D eigenvalue weighted by Gasteiger charge is -2.31. The normalized spacial score (nSPS) is 21.4. The molecule has 15 heavy (non-hydrogen) atoms. The molecule has 0 aliphatic carbocycles. The summed E-state index contributed by atoms with van der Waals surface area (Å²) in [6, 6.07) is 2.06. The van der Waals surface area contributed by atoms with E-state index in [1.165, 1.54) is 6.20 Å². The third kappa shape index (κ3) is 2.30. The van der Waals surface area contributed by atoms with E-state index in [4.69, 9.17) is 0 Å². The molecule has 1 aromatic heterocycles. The van der Waals surface area contributed by atoms with Gasteiger partial charge in [0.15, 0.2) is 0 Å². The molecule has 0 unspecified atom stereocenters. The van der Waals surface area contributed by atoms with Gasteiger partial charge in [-0.1, -0.05) is 0 Å². The molecule has 5 heteroatoms. The summed E-state index contributed by atoms with van der Waals surface area (Å²) in [5, 5.41) is 10.7. The van der Waals surface area contributed by atoms with Crippen LogP contribution < -0.4 is 5.32 Å². The van der Waals surface area contributed by atoms with Crippen molar-refractivity contribution < 1.29 is 4.79 Å². The van der Waals surface area contributed by atoms with E-state index in [1.54, 1.807) is 12.3 Å². The van der Waals surface area contributed by atoms with Gasteiger partial charge in [0, 0.05) is 25.7 Å². The van der Waals surface area contributed by atoms with Gasteiger partial charge in [-0.15, -0.1) is 0 Å². The summed E-state index contributed by atoms with van der Waals surface area (Å²) in [7, 11) is 0. The van der Waals surface area contributed by atoms with Crippen molar-refractivity contribution in [3.63, 3.8) is 0 Å². The molecule has 1 atom stereocenters. The third-order valence-electron chi connectivity index (χ3n) is 2.49. The lowest BCUT2D eigenvalue weighted by molar-refractivity contribution is 0.0708. The fourth-order valence-corrected chi connectivity index (χ4v) is 1.72. The molecule has 0 aromatic carbocycles. The second kappa shape index (κ2) is 4.35. The third-order valence-corrected chi connectivity index (χ3v) is 2.49. The van der Waals surface area contributed by atoms with Gasteiger partial charge < -0.3 is 10.2 Å². The lowest BCUT2D eigenvalue weighted by atomic mass is 10.2. The highest BCUT2D eigenvalue weighted by Gasteiger charge is 2.21. The highest BCUT2D eigenvalue weighted by molar-refractivity contribution is 5.93. The van der Waals surface area contributed by atoms with Crippen LogP contribution in [0.15, 0.2) is 18.5 Å². The van der Waals surface area contributed by atoms with Gasteiger partial charge in [0.2, 0.25) is 0 Å². The van der Waals surface area contributed by atoms with E-state index < -0.39 is 0 Å². The minimum atomic E-state index is 0.0400.